The van der Waals surface area contributed by atoms with Crippen LogP contribution in [-0.4, -0.2) is 17.9 Å². The summed E-state index contributed by atoms with van der Waals surface area (Å²) in [6, 6.07) is 6.45. The lowest BCUT2D eigenvalue weighted by Gasteiger charge is -2.16. The van der Waals surface area contributed by atoms with E-state index in [4.69, 9.17) is 0 Å². The van der Waals surface area contributed by atoms with E-state index in [0.29, 0.717) is 9.16 Å². The minimum absolute atomic E-state index is 0.00826. The van der Waals surface area contributed by atoms with E-state index < -0.39 is 6.09 Å². The van der Waals surface area contributed by atoms with Crippen molar-refractivity contribution in [1.82, 2.24) is 15.6 Å². The van der Waals surface area contributed by atoms with E-state index in [9.17, 15) is 14.9 Å². The molecular weight excluding hydrogens is 252 g/mol. The number of hydrogen-bond acceptors (Lipinski definition) is 5. The molecule has 2 aromatic rings. The fraction of sp³-hybridized carbons (Fsp3) is 0.182. The second kappa shape index (κ2) is 5.36. The van der Waals surface area contributed by atoms with Crippen LogP contribution in [0.2, 0.25) is 0 Å². The first-order valence-corrected chi connectivity index (χ1v) is 5.43. The Labute approximate surface area is 107 Å². The van der Waals surface area contributed by atoms with Gasteiger partial charge in [-0.3, -0.25) is 5.43 Å². The molecule has 8 heteroatoms. The van der Waals surface area contributed by atoms with Crippen LogP contribution in [0.4, 0.5) is 4.79 Å². The summed E-state index contributed by atoms with van der Waals surface area (Å²) in [5, 5.41) is 12.0. The van der Waals surface area contributed by atoms with Gasteiger partial charge in [0.15, 0.2) is 0 Å². The molecule has 1 amide bonds. The van der Waals surface area contributed by atoms with E-state index >= 15 is 0 Å². The molecule has 1 heterocycles. The Hall–Kier alpha value is -2.61. The van der Waals surface area contributed by atoms with Gasteiger partial charge in [0.1, 0.15) is 5.52 Å². The smallest absolute Gasteiger partial charge is 0.421 e. The second-order valence-electron chi connectivity index (χ2n) is 3.70. The lowest BCUT2D eigenvalue weighted by atomic mass is 10.3. The van der Waals surface area contributed by atoms with Crippen LogP contribution in [0.1, 0.15) is 5.69 Å². The SMILES string of the molecule is COC(=O)NNCc1c[n+](=O)c2ccccc2n1[O-]. The van der Waals surface area contributed by atoms with Gasteiger partial charge in [0.05, 0.1) is 23.8 Å². The van der Waals surface area contributed by atoms with Gasteiger partial charge in [0.2, 0.25) is 6.20 Å². The second-order valence-corrected chi connectivity index (χ2v) is 3.70. The Balaban J connectivity index is 2.27. The number of ether oxygens (including phenoxy) is 1. The topological polar surface area (TPSA) is 101 Å². The van der Waals surface area contributed by atoms with E-state index in [-0.39, 0.29) is 23.3 Å². The van der Waals surface area contributed by atoms with Gasteiger partial charge in [0.25, 0.3) is 5.52 Å². The summed E-state index contributed by atoms with van der Waals surface area (Å²) in [7, 11) is 1.21. The molecular formula is C11H12N4O4. The predicted octanol–water partition coefficient (Wildman–Crippen LogP) is 0.262. The lowest BCUT2D eigenvalue weighted by molar-refractivity contribution is -0.465. The van der Waals surface area contributed by atoms with E-state index in [1.165, 1.54) is 7.11 Å². The molecule has 8 nitrogen and oxygen atoms in total. The van der Waals surface area contributed by atoms with E-state index in [0.717, 1.165) is 6.20 Å². The number of nitrogens with one attached hydrogen (secondary N) is 2. The van der Waals surface area contributed by atoms with Gasteiger partial charge < -0.3 is 14.7 Å². The lowest BCUT2D eigenvalue weighted by Crippen LogP contribution is -2.37. The summed E-state index contributed by atoms with van der Waals surface area (Å²) in [4.78, 5) is 22.5. The monoisotopic (exact) mass is 264 g/mol. The van der Waals surface area contributed by atoms with Crippen molar-refractivity contribution < 1.29 is 14.0 Å². The highest BCUT2D eigenvalue weighted by Gasteiger charge is 2.11. The number of fused-ring (bicyclic) bond motifs is 1. The molecule has 1 aromatic carbocycles. The third-order valence-corrected chi connectivity index (χ3v) is 2.51. The maximum Gasteiger partial charge on any atom is 0.421 e. The van der Waals surface area contributed by atoms with Crippen LogP contribution in [0.25, 0.3) is 11.0 Å². The Kier molecular flexibility index (Phi) is 3.62. The molecule has 0 aliphatic carbocycles. The number of amides is 1. The van der Waals surface area contributed by atoms with E-state index in [2.05, 4.69) is 15.6 Å². The molecule has 0 saturated heterocycles. The highest BCUT2D eigenvalue weighted by Crippen LogP contribution is 2.10. The Morgan fingerprint density at radius 2 is 2.21 bits per heavy atom. The average molecular weight is 264 g/mol. The first kappa shape index (κ1) is 12.8. The molecule has 0 bridgehead atoms. The zero-order valence-corrected chi connectivity index (χ0v) is 10.1. The fourth-order valence-electron chi connectivity index (χ4n) is 1.61. The number of methoxy groups -OCH3 is 1. The Morgan fingerprint density at radius 1 is 1.47 bits per heavy atom. The summed E-state index contributed by atoms with van der Waals surface area (Å²) < 4.78 is 5.59. The summed E-state index contributed by atoms with van der Waals surface area (Å²) >= 11 is 0. The van der Waals surface area contributed by atoms with Crippen molar-refractivity contribution in [2.24, 2.45) is 0 Å². The minimum atomic E-state index is -0.687. The molecule has 0 fully saturated rings. The van der Waals surface area contributed by atoms with E-state index in [1.807, 2.05) is 0 Å². The highest BCUT2D eigenvalue weighted by atomic mass is 16.5. The van der Waals surface area contributed by atoms with Gasteiger partial charge in [-0.2, -0.15) is 0 Å². The molecule has 2 N–H and O–H groups in total. The normalized spacial score (nSPS) is 10.4. The molecule has 0 atom stereocenters. The minimum Gasteiger partial charge on any atom is -0.805 e. The van der Waals surface area contributed by atoms with Crippen LogP contribution in [0, 0.1) is 10.1 Å². The highest BCUT2D eigenvalue weighted by molar-refractivity contribution is 5.71. The van der Waals surface area contributed by atoms with Crippen LogP contribution in [0.15, 0.2) is 30.5 Å². The summed E-state index contributed by atoms with van der Waals surface area (Å²) in [5.41, 5.74) is 5.40. The quantitative estimate of drug-likeness (QED) is 0.611. The van der Waals surface area contributed by atoms with Gasteiger partial charge in [-0.05, 0) is 6.07 Å². The number of rotatable bonds is 3. The molecule has 0 unspecified atom stereocenters. The zero-order chi connectivity index (χ0) is 13.8. The molecule has 0 saturated carbocycles. The van der Waals surface area contributed by atoms with Crippen molar-refractivity contribution in [3.05, 3.63) is 46.3 Å². The first-order chi connectivity index (χ1) is 9.13. The van der Waals surface area contributed by atoms with Crippen LogP contribution in [-0.2, 0) is 11.3 Å². The molecule has 0 spiro atoms. The fourth-order valence-corrected chi connectivity index (χ4v) is 1.61. The van der Waals surface area contributed by atoms with Crippen LogP contribution in [0.5, 0.6) is 0 Å². The van der Waals surface area contributed by atoms with Crippen molar-refractivity contribution in [3.63, 3.8) is 0 Å². The largest absolute Gasteiger partial charge is 0.805 e. The molecule has 100 valence electrons. The Bertz CT molecular complexity index is 667. The number of para-hydroxylation sites is 2. The van der Waals surface area contributed by atoms with Gasteiger partial charge in [-0.1, -0.05) is 12.1 Å². The van der Waals surface area contributed by atoms with Crippen molar-refractivity contribution >= 4 is 17.1 Å². The number of aromatic nitrogens is 2. The zero-order valence-electron chi connectivity index (χ0n) is 10.1. The predicted molar refractivity (Wildman–Crippen MR) is 66.5 cm³/mol. The molecule has 2 rings (SSSR count). The number of carbonyl (C=O) groups excluding carboxylic acids is 1. The van der Waals surface area contributed by atoms with Crippen molar-refractivity contribution in [2.45, 2.75) is 6.54 Å². The molecule has 0 aliphatic heterocycles. The van der Waals surface area contributed by atoms with Gasteiger partial charge in [-0.15, -0.1) is 0 Å². The van der Waals surface area contributed by atoms with Gasteiger partial charge in [-0.25, -0.2) is 10.2 Å². The molecule has 0 radical (unpaired) electrons. The summed E-state index contributed by atoms with van der Waals surface area (Å²) in [6.07, 6.45) is 0.467. The van der Waals surface area contributed by atoms with Crippen LogP contribution in [0.3, 0.4) is 0 Å². The number of benzene rings is 1. The van der Waals surface area contributed by atoms with Gasteiger partial charge in [0, 0.05) is 11.0 Å². The summed E-state index contributed by atoms with van der Waals surface area (Å²) in [5.74, 6) is 0. The van der Waals surface area contributed by atoms with Crippen molar-refractivity contribution in [1.29, 1.82) is 0 Å². The number of hydrogen-bond donors (Lipinski definition) is 2. The van der Waals surface area contributed by atoms with Crippen molar-refractivity contribution in [3.8, 4) is 0 Å². The standard InChI is InChI=1S/C11H12N4O4/c1-19-11(16)13-12-6-8-7-14(17)9-4-2-3-5-10(9)15(8)18/h2-5,7,12H,6H2,1H3,(H,13,16). The molecule has 0 aliphatic rings. The average Bonchev–Trinajstić information content (AvgIpc) is 2.44. The number of nitrogens with zero attached hydrogens (tertiary/aromatic N) is 2. The summed E-state index contributed by atoms with van der Waals surface area (Å²) in [6.45, 7) is -0.00826. The number of carbonyl (C=O) groups is 1. The van der Waals surface area contributed by atoms with Crippen LogP contribution < -0.4 is 15.3 Å². The van der Waals surface area contributed by atoms with Crippen LogP contribution >= 0.6 is 0 Å². The van der Waals surface area contributed by atoms with Gasteiger partial charge >= 0.3 is 6.09 Å². The van der Waals surface area contributed by atoms with E-state index in [1.54, 1.807) is 24.3 Å². The maximum atomic E-state index is 12.0. The number of hydrazine groups is 1. The van der Waals surface area contributed by atoms with Crippen molar-refractivity contribution in [2.75, 3.05) is 7.11 Å². The third-order valence-electron chi connectivity index (χ3n) is 2.51. The Morgan fingerprint density at radius 3 is 2.95 bits per heavy atom. The molecule has 1 aromatic heterocycles. The maximum absolute atomic E-state index is 12.0. The third kappa shape index (κ3) is 2.63. The molecule has 19 heavy (non-hydrogen) atoms. The first-order valence-electron chi connectivity index (χ1n) is 5.43.